The first-order valence-corrected chi connectivity index (χ1v) is 6.63. The van der Waals surface area contributed by atoms with Gasteiger partial charge in [-0.25, -0.2) is 0 Å². The summed E-state index contributed by atoms with van der Waals surface area (Å²) in [6.45, 7) is 7.36. The molecule has 1 aromatic heterocycles. The van der Waals surface area contributed by atoms with E-state index in [1.165, 1.54) is 0 Å². The third kappa shape index (κ3) is 2.37. The lowest BCUT2D eigenvalue weighted by Gasteiger charge is -2.33. The minimum atomic E-state index is -0.202. The van der Waals surface area contributed by atoms with Gasteiger partial charge in [0.05, 0.1) is 11.3 Å². The maximum atomic E-state index is 11.2. The van der Waals surface area contributed by atoms with Crippen LogP contribution in [0.1, 0.15) is 23.4 Å². The highest BCUT2D eigenvalue weighted by Gasteiger charge is 2.42. The van der Waals surface area contributed by atoms with Gasteiger partial charge < -0.3 is 14.6 Å². The van der Waals surface area contributed by atoms with E-state index in [-0.39, 0.29) is 18.1 Å². The van der Waals surface area contributed by atoms with Gasteiger partial charge in [-0.3, -0.25) is 9.69 Å². The number of likely N-dealkylation sites (tertiary alicyclic amines) is 1. The molecule has 1 N–H and O–H groups in total. The lowest BCUT2D eigenvalue weighted by Crippen LogP contribution is -2.53. The van der Waals surface area contributed by atoms with Crippen LogP contribution in [-0.4, -0.2) is 47.8 Å². The number of hydrogen-bond acceptors (Lipinski definition) is 5. The molecule has 6 heteroatoms. The highest BCUT2D eigenvalue weighted by Crippen LogP contribution is 2.28. The molecule has 1 unspecified atom stereocenters. The molecule has 2 aliphatic rings. The van der Waals surface area contributed by atoms with Crippen molar-refractivity contribution < 1.29 is 14.1 Å². The highest BCUT2D eigenvalue weighted by atomic mass is 16.5. The molecule has 0 aliphatic carbocycles. The predicted octanol–water partition coefficient (Wildman–Crippen LogP) is 0.382. The number of carbonyl (C=O) groups excluding carboxylic acids is 1. The quantitative estimate of drug-likeness (QED) is 0.837. The first-order valence-electron chi connectivity index (χ1n) is 6.63. The molecule has 0 bridgehead atoms. The maximum Gasteiger partial charge on any atom is 0.246 e. The van der Waals surface area contributed by atoms with Crippen LogP contribution < -0.4 is 5.32 Å². The standard InChI is InChI=1S/C13H19N3O3/c1-9-11(10(2)19-15-9)5-16-4-3-13(8-16)7-14-12(17)6-18-13/h3-8H2,1-2H3,(H,14,17). The molecule has 19 heavy (non-hydrogen) atoms. The van der Waals surface area contributed by atoms with Crippen LogP contribution in [0.2, 0.25) is 0 Å². The van der Waals surface area contributed by atoms with E-state index in [1.54, 1.807) is 0 Å². The summed E-state index contributed by atoms with van der Waals surface area (Å²) in [5.74, 6) is 0.867. The van der Waals surface area contributed by atoms with Crippen LogP contribution in [0.25, 0.3) is 0 Å². The van der Waals surface area contributed by atoms with E-state index in [2.05, 4.69) is 15.4 Å². The van der Waals surface area contributed by atoms with E-state index in [1.807, 2.05) is 13.8 Å². The molecule has 0 saturated carbocycles. The third-order valence-electron chi connectivity index (χ3n) is 4.08. The fourth-order valence-electron chi connectivity index (χ4n) is 2.86. The monoisotopic (exact) mass is 265 g/mol. The van der Waals surface area contributed by atoms with Crippen LogP contribution in [0.4, 0.5) is 0 Å². The average Bonchev–Trinajstić information content (AvgIpc) is 2.93. The Morgan fingerprint density at radius 2 is 2.32 bits per heavy atom. The molecule has 2 aliphatic heterocycles. The van der Waals surface area contributed by atoms with Crippen molar-refractivity contribution in [3.8, 4) is 0 Å². The molecule has 104 valence electrons. The number of ether oxygens (including phenoxy) is 1. The second-order valence-electron chi connectivity index (χ2n) is 5.51. The first-order chi connectivity index (χ1) is 9.08. The van der Waals surface area contributed by atoms with Gasteiger partial charge in [0.2, 0.25) is 5.91 Å². The summed E-state index contributed by atoms with van der Waals surface area (Å²) in [5.41, 5.74) is 1.92. The summed E-state index contributed by atoms with van der Waals surface area (Å²) in [7, 11) is 0. The molecule has 3 heterocycles. The SMILES string of the molecule is Cc1noc(C)c1CN1CCC2(CNC(=O)CO2)C1. The number of hydrogen-bond donors (Lipinski definition) is 1. The number of morpholine rings is 1. The van der Waals surface area contributed by atoms with Gasteiger partial charge in [-0.2, -0.15) is 0 Å². The van der Waals surface area contributed by atoms with Gasteiger partial charge in [0.1, 0.15) is 12.4 Å². The topological polar surface area (TPSA) is 67.6 Å². The van der Waals surface area contributed by atoms with E-state index in [4.69, 9.17) is 9.26 Å². The van der Waals surface area contributed by atoms with E-state index >= 15 is 0 Å². The number of nitrogens with zero attached hydrogens (tertiary/aromatic N) is 2. The van der Waals surface area contributed by atoms with Crippen molar-refractivity contribution in [1.82, 2.24) is 15.4 Å². The molecule has 0 aromatic carbocycles. The molecule has 3 rings (SSSR count). The van der Waals surface area contributed by atoms with Gasteiger partial charge in [-0.1, -0.05) is 5.16 Å². The minimum Gasteiger partial charge on any atom is -0.362 e. The van der Waals surface area contributed by atoms with E-state index in [9.17, 15) is 4.79 Å². The zero-order valence-electron chi connectivity index (χ0n) is 11.4. The van der Waals surface area contributed by atoms with Crippen LogP contribution in [-0.2, 0) is 16.1 Å². The second-order valence-corrected chi connectivity index (χ2v) is 5.51. The number of aromatic nitrogens is 1. The smallest absolute Gasteiger partial charge is 0.246 e. The van der Waals surface area contributed by atoms with Gasteiger partial charge >= 0.3 is 0 Å². The predicted molar refractivity (Wildman–Crippen MR) is 67.6 cm³/mol. The summed E-state index contributed by atoms with van der Waals surface area (Å²) in [6, 6.07) is 0. The van der Waals surface area contributed by atoms with E-state index in [0.29, 0.717) is 6.54 Å². The fourth-order valence-corrected chi connectivity index (χ4v) is 2.86. The Labute approximate surface area is 112 Å². The van der Waals surface area contributed by atoms with E-state index in [0.717, 1.165) is 43.1 Å². The van der Waals surface area contributed by atoms with Crippen molar-refractivity contribution in [3.63, 3.8) is 0 Å². The highest BCUT2D eigenvalue weighted by molar-refractivity contribution is 5.78. The van der Waals surface area contributed by atoms with Crippen molar-refractivity contribution >= 4 is 5.91 Å². The number of nitrogens with one attached hydrogen (secondary N) is 1. The van der Waals surface area contributed by atoms with Crippen molar-refractivity contribution in [2.75, 3.05) is 26.2 Å². The Bertz CT molecular complexity index is 468. The van der Waals surface area contributed by atoms with Crippen LogP contribution in [0.3, 0.4) is 0 Å². The molecule has 1 atom stereocenters. The summed E-state index contributed by atoms with van der Waals surface area (Å²) in [5, 5.41) is 6.88. The largest absolute Gasteiger partial charge is 0.362 e. The summed E-state index contributed by atoms with van der Waals surface area (Å²) < 4.78 is 10.9. The number of amides is 1. The van der Waals surface area contributed by atoms with Crippen molar-refractivity contribution in [3.05, 3.63) is 17.0 Å². The van der Waals surface area contributed by atoms with Crippen LogP contribution >= 0.6 is 0 Å². The first kappa shape index (κ1) is 12.6. The molecule has 1 amide bonds. The molecular weight excluding hydrogens is 246 g/mol. The zero-order valence-corrected chi connectivity index (χ0v) is 11.4. The van der Waals surface area contributed by atoms with Crippen molar-refractivity contribution in [2.24, 2.45) is 0 Å². The molecule has 2 fully saturated rings. The Kier molecular flexibility index (Phi) is 3.06. The van der Waals surface area contributed by atoms with Gasteiger partial charge in [0, 0.05) is 31.7 Å². The normalized spacial score (nSPS) is 28.0. The fraction of sp³-hybridized carbons (Fsp3) is 0.692. The minimum absolute atomic E-state index is 0.0187. The molecule has 1 spiro atoms. The lowest BCUT2D eigenvalue weighted by molar-refractivity contribution is -0.142. The van der Waals surface area contributed by atoms with Gasteiger partial charge in [0.25, 0.3) is 0 Å². The lowest BCUT2D eigenvalue weighted by atomic mass is 10.0. The molecule has 1 aromatic rings. The van der Waals surface area contributed by atoms with Crippen LogP contribution in [0.15, 0.2) is 4.52 Å². The second kappa shape index (κ2) is 4.61. The Morgan fingerprint density at radius 3 is 2.95 bits per heavy atom. The van der Waals surface area contributed by atoms with Gasteiger partial charge in [0.15, 0.2) is 0 Å². The van der Waals surface area contributed by atoms with Gasteiger partial charge in [-0.05, 0) is 20.3 Å². The van der Waals surface area contributed by atoms with Crippen molar-refractivity contribution in [2.45, 2.75) is 32.4 Å². The molecule has 6 nitrogen and oxygen atoms in total. The summed E-state index contributed by atoms with van der Waals surface area (Å²) in [6.07, 6.45) is 0.955. The maximum absolute atomic E-state index is 11.2. The Hall–Kier alpha value is -1.40. The number of rotatable bonds is 2. The molecule has 0 radical (unpaired) electrons. The zero-order chi connectivity index (χ0) is 13.5. The third-order valence-corrected chi connectivity index (χ3v) is 4.08. The van der Waals surface area contributed by atoms with Crippen LogP contribution in [0.5, 0.6) is 0 Å². The molecular formula is C13H19N3O3. The Balaban J connectivity index is 1.65. The van der Waals surface area contributed by atoms with E-state index < -0.39 is 0 Å². The van der Waals surface area contributed by atoms with Crippen LogP contribution in [0, 0.1) is 13.8 Å². The van der Waals surface area contributed by atoms with Crippen molar-refractivity contribution in [1.29, 1.82) is 0 Å². The number of carbonyl (C=O) groups is 1. The number of aryl methyl sites for hydroxylation is 2. The Morgan fingerprint density at radius 1 is 1.47 bits per heavy atom. The molecule has 2 saturated heterocycles. The summed E-state index contributed by atoms with van der Waals surface area (Å²) in [4.78, 5) is 13.5. The van der Waals surface area contributed by atoms with Gasteiger partial charge in [-0.15, -0.1) is 0 Å². The summed E-state index contributed by atoms with van der Waals surface area (Å²) >= 11 is 0. The average molecular weight is 265 g/mol.